The van der Waals surface area contributed by atoms with Gasteiger partial charge in [-0.05, 0) is 48.1 Å². The number of benzene rings is 2. The minimum Gasteiger partial charge on any atom is -0.387 e. The number of amidine groups is 1. The SMILES string of the molecule is BC(=C)Cc1ccc(-c2ccc3c(c2)N=C(N)CC(C(=O)N(CCC)CCC)=C3)cc1. The van der Waals surface area contributed by atoms with E-state index in [1.165, 1.54) is 5.56 Å². The molecule has 3 rings (SSSR count). The Morgan fingerprint density at radius 3 is 2.35 bits per heavy atom. The van der Waals surface area contributed by atoms with E-state index in [4.69, 9.17) is 5.73 Å². The van der Waals surface area contributed by atoms with Gasteiger partial charge in [-0.15, -0.1) is 12.1 Å². The Balaban J connectivity index is 1.91. The highest BCUT2D eigenvalue weighted by atomic mass is 16.2. The number of hydrogen-bond donors (Lipinski definition) is 1. The first-order valence-corrected chi connectivity index (χ1v) is 11.1. The standard InChI is InChI=1S/C26H32BN3O/c1-4-12-30(13-5-2)26(31)23-15-22-11-10-21(16-24(22)29-25(28)17-23)20-8-6-19(7-9-20)14-18(3)27/h6-11,15-16H,3-5,12-14,17,27H2,1-2H3,(H2,28,29). The fourth-order valence-corrected chi connectivity index (χ4v) is 3.93. The Labute approximate surface area is 187 Å². The Hall–Kier alpha value is -3.08. The van der Waals surface area contributed by atoms with Crippen molar-refractivity contribution in [1.29, 1.82) is 0 Å². The molecule has 0 aliphatic carbocycles. The molecule has 0 radical (unpaired) electrons. The summed E-state index contributed by atoms with van der Waals surface area (Å²) in [5.74, 6) is 0.534. The van der Waals surface area contributed by atoms with Crippen LogP contribution in [0.4, 0.5) is 5.69 Å². The van der Waals surface area contributed by atoms with E-state index < -0.39 is 0 Å². The van der Waals surface area contributed by atoms with E-state index in [2.05, 4.69) is 61.8 Å². The van der Waals surface area contributed by atoms with E-state index in [1.54, 1.807) is 0 Å². The highest BCUT2D eigenvalue weighted by Crippen LogP contribution is 2.32. The predicted molar refractivity (Wildman–Crippen MR) is 134 cm³/mol. The number of nitrogens with zero attached hydrogens (tertiary/aromatic N) is 2. The van der Waals surface area contributed by atoms with Crippen molar-refractivity contribution in [3.05, 3.63) is 71.2 Å². The molecule has 0 aromatic heterocycles. The third-order valence-electron chi connectivity index (χ3n) is 5.34. The summed E-state index contributed by atoms with van der Waals surface area (Å²) in [6.45, 7) is 9.69. The molecule has 31 heavy (non-hydrogen) atoms. The number of carbonyl (C=O) groups excluding carboxylic acids is 1. The van der Waals surface area contributed by atoms with Crippen LogP contribution in [0.5, 0.6) is 0 Å². The van der Waals surface area contributed by atoms with Gasteiger partial charge in [-0.2, -0.15) is 0 Å². The number of fused-ring (bicyclic) bond motifs is 1. The molecular formula is C26H32BN3O. The Morgan fingerprint density at radius 1 is 1.10 bits per heavy atom. The zero-order chi connectivity index (χ0) is 22.4. The number of rotatable bonds is 8. The summed E-state index contributed by atoms with van der Waals surface area (Å²) in [5, 5.41) is 0. The average Bonchev–Trinajstić information content (AvgIpc) is 2.90. The van der Waals surface area contributed by atoms with Crippen LogP contribution in [0.25, 0.3) is 17.2 Å². The molecule has 2 N–H and O–H groups in total. The van der Waals surface area contributed by atoms with Crippen LogP contribution in [0.15, 0.2) is 65.1 Å². The van der Waals surface area contributed by atoms with Gasteiger partial charge in [-0.3, -0.25) is 4.79 Å². The molecule has 1 aliphatic rings. The first kappa shape index (κ1) is 22.6. The van der Waals surface area contributed by atoms with E-state index in [1.807, 2.05) is 24.9 Å². The Bertz CT molecular complexity index is 1020. The molecule has 0 unspecified atom stereocenters. The number of hydrogen-bond acceptors (Lipinski definition) is 3. The van der Waals surface area contributed by atoms with Crippen LogP contribution < -0.4 is 5.73 Å². The van der Waals surface area contributed by atoms with Gasteiger partial charge in [0.25, 0.3) is 0 Å². The van der Waals surface area contributed by atoms with E-state index in [-0.39, 0.29) is 5.91 Å². The van der Waals surface area contributed by atoms with Crippen LogP contribution in [0.1, 0.15) is 44.2 Å². The van der Waals surface area contributed by atoms with Crippen molar-refractivity contribution >= 4 is 31.4 Å². The van der Waals surface area contributed by atoms with Crippen LogP contribution in [0.3, 0.4) is 0 Å². The van der Waals surface area contributed by atoms with Crippen LogP contribution in [0.2, 0.25) is 0 Å². The fourth-order valence-electron chi connectivity index (χ4n) is 3.93. The molecule has 1 heterocycles. The molecule has 2 aromatic rings. The summed E-state index contributed by atoms with van der Waals surface area (Å²) in [7, 11) is 2.04. The lowest BCUT2D eigenvalue weighted by Gasteiger charge is -2.22. The smallest absolute Gasteiger partial charge is 0.250 e. The van der Waals surface area contributed by atoms with Crippen molar-refractivity contribution < 1.29 is 4.79 Å². The quantitative estimate of drug-likeness (QED) is 0.650. The molecule has 1 amide bonds. The molecule has 0 saturated carbocycles. The summed E-state index contributed by atoms with van der Waals surface area (Å²) in [5.41, 5.74) is 13.3. The maximum atomic E-state index is 13.1. The van der Waals surface area contributed by atoms with Crippen LogP contribution >= 0.6 is 0 Å². The third kappa shape index (κ3) is 5.75. The van der Waals surface area contributed by atoms with Crippen molar-refractivity contribution in [1.82, 2.24) is 4.90 Å². The number of allylic oxidation sites excluding steroid dienone is 1. The lowest BCUT2D eigenvalue weighted by molar-refractivity contribution is -0.127. The minimum absolute atomic E-state index is 0.0619. The number of nitrogens with two attached hydrogens (primary N) is 1. The van der Waals surface area contributed by atoms with Gasteiger partial charge in [0.2, 0.25) is 5.91 Å². The van der Waals surface area contributed by atoms with Crippen LogP contribution in [0, 0.1) is 0 Å². The third-order valence-corrected chi connectivity index (χ3v) is 5.34. The maximum Gasteiger partial charge on any atom is 0.250 e. The monoisotopic (exact) mass is 413 g/mol. The van der Waals surface area contributed by atoms with Gasteiger partial charge in [0.1, 0.15) is 13.7 Å². The lowest BCUT2D eigenvalue weighted by Crippen LogP contribution is -2.34. The van der Waals surface area contributed by atoms with Gasteiger partial charge in [0.05, 0.1) is 5.69 Å². The molecule has 0 bridgehead atoms. The Morgan fingerprint density at radius 2 is 1.74 bits per heavy atom. The average molecular weight is 413 g/mol. The summed E-state index contributed by atoms with van der Waals surface area (Å²) in [6, 6.07) is 14.7. The summed E-state index contributed by atoms with van der Waals surface area (Å²) < 4.78 is 0. The first-order chi connectivity index (χ1) is 14.9. The topological polar surface area (TPSA) is 58.7 Å². The highest BCUT2D eigenvalue weighted by molar-refractivity contribution is 6.21. The van der Waals surface area contributed by atoms with Gasteiger partial charge in [-0.1, -0.05) is 50.2 Å². The second-order valence-electron chi connectivity index (χ2n) is 8.35. The van der Waals surface area contributed by atoms with Crippen molar-refractivity contribution in [2.45, 2.75) is 39.5 Å². The largest absolute Gasteiger partial charge is 0.387 e. The van der Waals surface area contributed by atoms with E-state index in [9.17, 15) is 4.79 Å². The van der Waals surface area contributed by atoms with Crippen molar-refractivity contribution in [3.63, 3.8) is 0 Å². The van der Waals surface area contributed by atoms with Gasteiger partial charge >= 0.3 is 0 Å². The minimum atomic E-state index is 0.0619. The molecule has 0 spiro atoms. The summed E-state index contributed by atoms with van der Waals surface area (Å²) >= 11 is 0. The highest BCUT2D eigenvalue weighted by Gasteiger charge is 2.21. The summed E-state index contributed by atoms with van der Waals surface area (Å²) in [6.07, 6.45) is 5.10. The van der Waals surface area contributed by atoms with Gasteiger partial charge in [0, 0.05) is 30.6 Å². The van der Waals surface area contributed by atoms with E-state index in [0.29, 0.717) is 17.8 Å². The van der Waals surface area contributed by atoms with Gasteiger partial charge in [-0.25, -0.2) is 4.99 Å². The first-order valence-electron chi connectivity index (χ1n) is 11.1. The van der Waals surface area contributed by atoms with Gasteiger partial charge < -0.3 is 10.6 Å². The molecule has 4 nitrogen and oxygen atoms in total. The van der Waals surface area contributed by atoms with E-state index in [0.717, 1.165) is 60.2 Å². The molecular weight excluding hydrogens is 381 g/mol. The second kappa shape index (κ2) is 10.3. The van der Waals surface area contributed by atoms with Gasteiger partial charge in [0.15, 0.2) is 0 Å². The second-order valence-corrected chi connectivity index (χ2v) is 8.35. The molecule has 0 saturated heterocycles. The zero-order valence-electron chi connectivity index (χ0n) is 18.9. The summed E-state index contributed by atoms with van der Waals surface area (Å²) in [4.78, 5) is 19.7. The normalized spacial score (nSPS) is 13.0. The predicted octanol–water partition coefficient (Wildman–Crippen LogP) is 4.47. The maximum absolute atomic E-state index is 13.1. The molecule has 2 aromatic carbocycles. The number of amides is 1. The van der Waals surface area contributed by atoms with Crippen molar-refractivity contribution in [3.8, 4) is 11.1 Å². The number of aliphatic imine (C=N–C) groups is 1. The van der Waals surface area contributed by atoms with E-state index >= 15 is 0 Å². The molecule has 1 aliphatic heterocycles. The molecule has 160 valence electrons. The van der Waals surface area contributed by atoms with Crippen molar-refractivity contribution in [2.75, 3.05) is 13.1 Å². The number of carbonyl (C=O) groups is 1. The Kier molecular flexibility index (Phi) is 7.51. The van der Waals surface area contributed by atoms with Crippen LogP contribution in [-0.2, 0) is 11.2 Å². The molecule has 0 fully saturated rings. The lowest BCUT2D eigenvalue weighted by atomic mass is 9.90. The zero-order valence-corrected chi connectivity index (χ0v) is 18.9. The molecule has 0 atom stereocenters. The fraction of sp³-hybridized carbons (Fsp3) is 0.308. The van der Waals surface area contributed by atoms with Crippen molar-refractivity contribution in [2.24, 2.45) is 10.7 Å². The van der Waals surface area contributed by atoms with Crippen LogP contribution in [-0.4, -0.2) is 37.6 Å². The molecule has 5 heteroatoms.